The van der Waals surface area contributed by atoms with Crippen LogP contribution < -0.4 is 14.9 Å². The first-order valence-electron chi connectivity index (χ1n) is 10.6. The second-order valence-electron chi connectivity index (χ2n) is 7.36. The predicted octanol–water partition coefficient (Wildman–Crippen LogP) is 3.78. The monoisotopic (exact) mass is 482 g/mol. The van der Waals surface area contributed by atoms with Crippen molar-refractivity contribution in [3.8, 4) is 34.6 Å². The van der Waals surface area contributed by atoms with Gasteiger partial charge in [0, 0.05) is 11.3 Å². The van der Waals surface area contributed by atoms with Crippen LogP contribution in [0.4, 0.5) is 0 Å². The number of amides is 1. The molecule has 1 aliphatic heterocycles. The number of nitrogens with zero attached hydrogens (tertiary/aromatic N) is 5. The number of benzene rings is 3. The normalized spacial score (nSPS) is 12.0. The molecular formula is C25H18N6O3S. The van der Waals surface area contributed by atoms with Crippen LogP contribution in [0.5, 0.6) is 11.5 Å². The number of hydrazone groups is 1. The summed E-state index contributed by atoms with van der Waals surface area (Å²) in [5.74, 6) is 1.77. The number of thioether (sulfide) groups is 1. The first-order chi connectivity index (χ1) is 17.2. The molecule has 3 aromatic carbocycles. The fraction of sp³-hybridized carbons (Fsp3) is 0.0800. The van der Waals surface area contributed by atoms with Crippen molar-refractivity contribution in [1.82, 2.24) is 20.2 Å². The summed E-state index contributed by atoms with van der Waals surface area (Å²) in [5, 5.41) is 22.1. The molecule has 1 aromatic heterocycles. The molecular weight excluding hydrogens is 464 g/mol. The molecule has 0 saturated carbocycles. The quantitative estimate of drug-likeness (QED) is 0.242. The van der Waals surface area contributed by atoms with Crippen LogP contribution in [0.15, 0.2) is 83.1 Å². The summed E-state index contributed by atoms with van der Waals surface area (Å²) in [6, 6.07) is 24.2. The lowest BCUT2D eigenvalue weighted by molar-refractivity contribution is -0.118. The molecule has 0 atom stereocenters. The SMILES string of the molecule is N#Cc1ccc(C=NNC(=O)CSc2nnc(-c3ccc4c(c3)OCO4)n2-c2ccccc2)cc1. The van der Waals surface area contributed by atoms with Crippen LogP contribution >= 0.6 is 11.8 Å². The van der Waals surface area contributed by atoms with Crippen LogP contribution in [0.25, 0.3) is 17.1 Å². The van der Waals surface area contributed by atoms with Crippen LogP contribution in [-0.2, 0) is 4.79 Å². The Morgan fingerprint density at radius 3 is 2.69 bits per heavy atom. The van der Waals surface area contributed by atoms with E-state index < -0.39 is 0 Å². The molecule has 0 saturated heterocycles. The van der Waals surface area contributed by atoms with Crippen LogP contribution in [0, 0.1) is 11.3 Å². The Kier molecular flexibility index (Phi) is 6.41. The maximum atomic E-state index is 12.4. The van der Waals surface area contributed by atoms with Crippen LogP contribution in [0.1, 0.15) is 11.1 Å². The number of nitriles is 1. The van der Waals surface area contributed by atoms with Gasteiger partial charge in [0.05, 0.1) is 23.6 Å². The van der Waals surface area contributed by atoms with Crippen LogP contribution in [0.2, 0.25) is 0 Å². The summed E-state index contributed by atoms with van der Waals surface area (Å²) in [5.41, 5.74) is 5.53. The Bertz CT molecular complexity index is 1430. The summed E-state index contributed by atoms with van der Waals surface area (Å²) >= 11 is 1.25. The topological polar surface area (TPSA) is 114 Å². The van der Waals surface area contributed by atoms with Crippen molar-refractivity contribution in [2.75, 3.05) is 12.5 Å². The lowest BCUT2D eigenvalue weighted by Gasteiger charge is -2.10. The number of rotatable bonds is 7. The van der Waals surface area contributed by atoms with E-state index in [-0.39, 0.29) is 18.5 Å². The third-order valence-corrected chi connectivity index (χ3v) is 5.98. The Morgan fingerprint density at radius 1 is 1.09 bits per heavy atom. The highest BCUT2D eigenvalue weighted by Gasteiger charge is 2.20. The molecule has 5 rings (SSSR count). The zero-order chi connectivity index (χ0) is 24.0. The molecule has 1 aliphatic rings. The third-order valence-electron chi connectivity index (χ3n) is 5.05. The lowest BCUT2D eigenvalue weighted by atomic mass is 10.2. The second kappa shape index (κ2) is 10.1. The van der Waals surface area contributed by atoms with Gasteiger partial charge in [0.1, 0.15) is 0 Å². The fourth-order valence-electron chi connectivity index (χ4n) is 3.38. The van der Waals surface area contributed by atoms with Crippen LogP contribution in [0.3, 0.4) is 0 Å². The molecule has 0 fully saturated rings. The van der Waals surface area contributed by atoms with Gasteiger partial charge in [-0.05, 0) is 48.0 Å². The fourth-order valence-corrected chi connectivity index (χ4v) is 4.13. The first kappa shape index (κ1) is 22.2. The molecule has 2 heterocycles. The molecule has 10 heteroatoms. The third kappa shape index (κ3) is 5.00. The van der Waals surface area contributed by atoms with Gasteiger partial charge in [-0.1, -0.05) is 42.1 Å². The minimum atomic E-state index is -0.285. The van der Waals surface area contributed by atoms with E-state index in [1.807, 2.05) is 53.1 Å². The molecule has 1 amide bonds. The van der Waals surface area contributed by atoms with E-state index >= 15 is 0 Å². The number of nitrogens with one attached hydrogen (secondary N) is 1. The van der Waals surface area contributed by atoms with Gasteiger partial charge in [-0.25, -0.2) is 5.43 Å². The van der Waals surface area contributed by atoms with Crippen molar-refractivity contribution in [3.05, 3.63) is 83.9 Å². The van der Waals surface area contributed by atoms with Crippen molar-refractivity contribution < 1.29 is 14.3 Å². The Hall–Kier alpha value is -4.62. The summed E-state index contributed by atoms with van der Waals surface area (Å²) in [4.78, 5) is 12.4. The summed E-state index contributed by atoms with van der Waals surface area (Å²) < 4.78 is 12.8. The average Bonchev–Trinajstić information content (AvgIpc) is 3.55. The van der Waals surface area contributed by atoms with E-state index in [0.29, 0.717) is 28.0 Å². The van der Waals surface area contributed by atoms with Crippen molar-refractivity contribution >= 4 is 23.9 Å². The van der Waals surface area contributed by atoms with E-state index in [1.165, 1.54) is 18.0 Å². The maximum absolute atomic E-state index is 12.4. The molecule has 0 unspecified atom stereocenters. The second-order valence-corrected chi connectivity index (χ2v) is 8.30. The van der Waals surface area contributed by atoms with Gasteiger partial charge in [-0.15, -0.1) is 10.2 Å². The first-order valence-corrected chi connectivity index (χ1v) is 11.6. The molecule has 0 aliphatic carbocycles. The molecule has 1 N–H and O–H groups in total. The average molecular weight is 483 g/mol. The van der Waals surface area contributed by atoms with E-state index in [0.717, 1.165) is 16.8 Å². The molecule has 4 aromatic rings. The van der Waals surface area contributed by atoms with Gasteiger partial charge in [-0.3, -0.25) is 9.36 Å². The highest BCUT2D eigenvalue weighted by molar-refractivity contribution is 7.99. The number of carbonyl (C=O) groups is 1. The van der Waals surface area contributed by atoms with Crippen molar-refractivity contribution in [1.29, 1.82) is 5.26 Å². The smallest absolute Gasteiger partial charge is 0.250 e. The molecule has 0 radical (unpaired) electrons. The predicted molar refractivity (Wildman–Crippen MR) is 131 cm³/mol. The van der Waals surface area contributed by atoms with E-state index in [2.05, 4.69) is 26.8 Å². The van der Waals surface area contributed by atoms with Gasteiger partial charge in [0.25, 0.3) is 5.91 Å². The van der Waals surface area contributed by atoms with Crippen molar-refractivity contribution in [2.45, 2.75) is 5.16 Å². The standard InChI is InChI=1S/C25H18N6O3S/c26-13-17-6-8-18(9-7-17)14-27-28-23(32)15-35-25-30-29-24(31(25)20-4-2-1-3-5-20)19-10-11-21-22(12-19)34-16-33-21/h1-12,14H,15-16H2,(H,28,32). The molecule has 35 heavy (non-hydrogen) atoms. The van der Waals surface area contributed by atoms with E-state index in [9.17, 15) is 4.79 Å². The Labute approximate surface area is 205 Å². The van der Waals surface area contributed by atoms with Crippen LogP contribution in [-0.4, -0.2) is 39.4 Å². The van der Waals surface area contributed by atoms with Crippen molar-refractivity contribution in [2.24, 2.45) is 5.10 Å². The van der Waals surface area contributed by atoms with E-state index in [1.54, 1.807) is 24.3 Å². The number of hydrogen-bond acceptors (Lipinski definition) is 8. The van der Waals surface area contributed by atoms with Gasteiger partial charge in [-0.2, -0.15) is 10.4 Å². The number of carbonyl (C=O) groups excluding carboxylic acids is 1. The van der Waals surface area contributed by atoms with Gasteiger partial charge < -0.3 is 9.47 Å². The maximum Gasteiger partial charge on any atom is 0.250 e. The van der Waals surface area contributed by atoms with Gasteiger partial charge in [0.15, 0.2) is 22.5 Å². The Morgan fingerprint density at radius 2 is 1.89 bits per heavy atom. The summed E-state index contributed by atoms with van der Waals surface area (Å²) in [6.45, 7) is 0.189. The molecule has 9 nitrogen and oxygen atoms in total. The Balaban J connectivity index is 1.32. The largest absolute Gasteiger partial charge is 0.454 e. The van der Waals surface area contributed by atoms with Crippen molar-refractivity contribution in [3.63, 3.8) is 0 Å². The minimum absolute atomic E-state index is 0.0941. The zero-order valence-electron chi connectivity index (χ0n) is 18.3. The highest BCUT2D eigenvalue weighted by Crippen LogP contribution is 2.37. The van der Waals surface area contributed by atoms with Gasteiger partial charge in [0.2, 0.25) is 6.79 Å². The number of ether oxygens (including phenoxy) is 2. The molecule has 0 bridgehead atoms. The zero-order valence-corrected chi connectivity index (χ0v) is 19.1. The van der Waals surface area contributed by atoms with Gasteiger partial charge >= 0.3 is 0 Å². The number of fused-ring (bicyclic) bond motifs is 1. The lowest BCUT2D eigenvalue weighted by Crippen LogP contribution is -2.20. The summed E-state index contributed by atoms with van der Waals surface area (Å²) in [6.07, 6.45) is 1.52. The van der Waals surface area contributed by atoms with E-state index in [4.69, 9.17) is 14.7 Å². The number of para-hydroxylation sites is 1. The number of aromatic nitrogens is 3. The summed E-state index contributed by atoms with van der Waals surface area (Å²) in [7, 11) is 0. The molecule has 0 spiro atoms. The highest BCUT2D eigenvalue weighted by atomic mass is 32.2. The number of hydrogen-bond donors (Lipinski definition) is 1. The molecule has 172 valence electrons. The minimum Gasteiger partial charge on any atom is -0.454 e.